The van der Waals surface area contributed by atoms with Gasteiger partial charge in [0.25, 0.3) is 5.91 Å². The molecule has 0 spiro atoms. The molecule has 1 aromatic carbocycles. The van der Waals surface area contributed by atoms with Crippen LogP contribution < -0.4 is 10.5 Å². The Bertz CT molecular complexity index is 728. The lowest BCUT2D eigenvalue weighted by molar-refractivity contribution is -0.123. The number of primary amides is 1. The van der Waals surface area contributed by atoms with E-state index in [1.54, 1.807) is 35.4 Å². The summed E-state index contributed by atoms with van der Waals surface area (Å²) >= 11 is 0. The maximum atomic E-state index is 12.6. The van der Waals surface area contributed by atoms with Gasteiger partial charge in [-0.05, 0) is 31.0 Å². The lowest BCUT2D eigenvalue weighted by Crippen LogP contribution is -2.41. The third-order valence-electron chi connectivity index (χ3n) is 4.03. The molecule has 7 heteroatoms. The SMILES string of the molecule is NC(=O)C1CCN(C(=O)c2cccc(Oc3cnccn3)c2)CC1. The summed E-state index contributed by atoms with van der Waals surface area (Å²) in [6.45, 7) is 1.06. The van der Waals surface area contributed by atoms with Crippen molar-refractivity contribution in [2.24, 2.45) is 11.7 Å². The maximum absolute atomic E-state index is 12.6. The van der Waals surface area contributed by atoms with Gasteiger partial charge in [0.15, 0.2) is 0 Å². The minimum absolute atomic E-state index is 0.0810. The van der Waals surface area contributed by atoms with Crippen LogP contribution in [-0.4, -0.2) is 39.8 Å². The van der Waals surface area contributed by atoms with E-state index in [1.807, 2.05) is 0 Å². The molecule has 2 N–H and O–H groups in total. The molecule has 3 rings (SSSR count). The highest BCUT2D eigenvalue weighted by Gasteiger charge is 2.26. The van der Waals surface area contributed by atoms with Gasteiger partial charge < -0.3 is 15.4 Å². The van der Waals surface area contributed by atoms with E-state index in [0.717, 1.165) is 0 Å². The third kappa shape index (κ3) is 3.68. The van der Waals surface area contributed by atoms with Crippen molar-refractivity contribution in [3.8, 4) is 11.6 Å². The molecule has 0 aliphatic carbocycles. The maximum Gasteiger partial charge on any atom is 0.253 e. The van der Waals surface area contributed by atoms with Crippen LogP contribution in [0.3, 0.4) is 0 Å². The molecule has 0 atom stereocenters. The van der Waals surface area contributed by atoms with Gasteiger partial charge in [0.05, 0.1) is 6.20 Å². The van der Waals surface area contributed by atoms with Gasteiger partial charge in [-0.3, -0.25) is 14.6 Å². The van der Waals surface area contributed by atoms with Crippen LogP contribution in [0, 0.1) is 5.92 Å². The minimum Gasteiger partial charge on any atom is -0.437 e. The minimum atomic E-state index is -0.290. The fraction of sp³-hybridized carbons (Fsp3) is 0.294. The van der Waals surface area contributed by atoms with Crippen molar-refractivity contribution in [3.05, 3.63) is 48.4 Å². The van der Waals surface area contributed by atoms with Gasteiger partial charge in [-0.2, -0.15) is 0 Å². The summed E-state index contributed by atoms with van der Waals surface area (Å²) < 4.78 is 5.60. The molecule has 2 amide bonds. The molecule has 2 heterocycles. The topological polar surface area (TPSA) is 98.4 Å². The van der Waals surface area contributed by atoms with Gasteiger partial charge in [0.2, 0.25) is 11.8 Å². The number of hydrogen-bond donors (Lipinski definition) is 1. The summed E-state index contributed by atoms with van der Waals surface area (Å²) in [5.74, 6) is 0.377. The molecule has 0 radical (unpaired) electrons. The van der Waals surface area contributed by atoms with Crippen molar-refractivity contribution >= 4 is 11.8 Å². The van der Waals surface area contributed by atoms with Gasteiger partial charge >= 0.3 is 0 Å². The van der Waals surface area contributed by atoms with Crippen LogP contribution in [0.4, 0.5) is 0 Å². The van der Waals surface area contributed by atoms with Gasteiger partial charge in [-0.1, -0.05) is 6.07 Å². The van der Waals surface area contributed by atoms with E-state index in [2.05, 4.69) is 9.97 Å². The summed E-state index contributed by atoms with van der Waals surface area (Å²) in [7, 11) is 0. The highest BCUT2D eigenvalue weighted by molar-refractivity contribution is 5.94. The van der Waals surface area contributed by atoms with E-state index < -0.39 is 0 Å². The van der Waals surface area contributed by atoms with Gasteiger partial charge in [-0.15, -0.1) is 0 Å². The molecular formula is C17H18N4O3. The predicted octanol–water partition coefficient (Wildman–Crippen LogP) is 1.61. The van der Waals surface area contributed by atoms with Crippen LogP contribution in [0.2, 0.25) is 0 Å². The Labute approximate surface area is 139 Å². The molecule has 24 heavy (non-hydrogen) atoms. The molecule has 1 saturated heterocycles. The fourth-order valence-corrected chi connectivity index (χ4v) is 2.70. The third-order valence-corrected chi connectivity index (χ3v) is 4.03. The van der Waals surface area contributed by atoms with Crippen LogP contribution >= 0.6 is 0 Å². The summed E-state index contributed by atoms with van der Waals surface area (Å²) in [6, 6.07) is 6.93. The molecule has 1 aliphatic rings. The van der Waals surface area contributed by atoms with Gasteiger partial charge in [0.1, 0.15) is 5.75 Å². The second-order valence-electron chi connectivity index (χ2n) is 5.64. The Kier molecular flexibility index (Phi) is 4.69. The first-order valence-corrected chi connectivity index (χ1v) is 7.76. The standard InChI is InChI=1S/C17H18N4O3/c18-16(22)12-4-8-21(9-5-12)17(23)13-2-1-3-14(10-13)24-15-11-19-6-7-20-15/h1-3,6-7,10-12H,4-5,8-9H2,(H2,18,22). The van der Waals surface area contributed by atoms with Crippen LogP contribution in [0.5, 0.6) is 11.6 Å². The lowest BCUT2D eigenvalue weighted by atomic mass is 9.96. The number of piperidine rings is 1. The number of aromatic nitrogens is 2. The predicted molar refractivity (Wildman–Crippen MR) is 86.4 cm³/mol. The number of carbonyl (C=O) groups is 2. The summed E-state index contributed by atoms with van der Waals surface area (Å²) in [6.07, 6.45) is 5.81. The van der Waals surface area contributed by atoms with Crippen molar-refractivity contribution in [3.63, 3.8) is 0 Å². The monoisotopic (exact) mass is 326 g/mol. The number of amides is 2. The number of rotatable bonds is 4. The number of carbonyl (C=O) groups excluding carboxylic acids is 2. The highest BCUT2D eigenvalue weighted by atomic mass is 16.5. The number of nitrogens with zero attached hydrogens (tertiary/aromatic N) is 3. The van der Waals surface area contributed by atoms with Crippen molar-refractivity contribution < 1.29 is 14.3 Å². The number of ether oxygens (including phenoxy) is 1. The Balaban J connectivity index is 1.67. The first-order valence-electron chi connectivity index (χ1n) is 7.76. The van der Waals surface area contributed by atoms with E-state index in [0.29, 0.717) is 43.1 Å². The van der Waals surface area contributed by atoms with Crippen molar-refractivity contribution in [1.82, 2.24) is 14.9 Å². The van der Waals surface area contributed by atoms with E-state index >= 15 is 0 Å². The molecule has 0 bridgehead atoms. The summed E-state index contributed by atoms with van der Waals surface area (Å²) in [5, 5.41) is 0. The average molecular weight is 326 g/mol. The van der Waals surface area contributed by atoms with Crippen LogP contribution in [0.15, 0.2) is 42.9 Å². The normalized spacial score (nSPS) is 15.1. The molecule has 2 aromatic rings. The zero-order valence-corrected chi connectivity index (χ0v) is 13.1. The van der Waals surface area contributed by atoms with Crippen LogP contribution in [0.25, 0.3) is 0 Å². The Morgan fingerprint density at radius 3 is 2.67 bits per heavy atom. The lowest BCUT2D eigenvalue weighted by Gasteiger charge is -2.30. The molecular weight excluding hydrogens is 308 g/mol. The van der Waals surface area contributed by atoms with Crippen LogP contribution in [-0.2, 0) is 4.79 Å². The summed E-state index contributed by atoms with van der Waals surface area (Å²) in [4.78, 5) is 33.5. The molecule has 1 aromatic heterocycles. The van der Waals surface area contributed by atoms with E-state index in [4.69, 9.17) is 10.5 Å². The number of nitrogens with two attached hydrogens (primary N) is 1. The van der Waals surface area contributed by atoms with Gasteiger partial charge in [0, 0.05) is 37.0 Å². The van der Waals surface area contributed by atoms with Crippen LogP contribution in [0.1, 0.15) is 23.2 Å². The van der Waals surface area contributed by atoms with E-state index in [1.165, 1.54) is 12.4 Å². The van der Waals surface area contributed by atoms with Crippen molar-refractivity contribution in [2.75, 3.05) is 13.1 Å². The Morgan fingerprint density at radius 1 is 1.21 bits per heavy atom. The van der Waals surface area contributed by atoms with Crippen molar-refractivity contribution in [1.29, 1.82) is 0 Å². The Morgan fingerprint density at radius 2 is 2.00 bits per heavy atom. The van der Waals surface area contributed by atoms with Gasteiger partial charge in [-0.25, -0.2) is 4.98 Å². The zero-order valence-electron chi connectivity index (χ0n) is 13.1. The first kappa shape index (κ1) is 15.9. The smallest absolute Gasteiger partial charge is 0.253 e. The largest absolute Gasteiger partial charge is 0.437 e. The Hall–Kier alpha value is -2.96. The molecule has 0 saturated carbocycles. The molecule has 124 valence electrons. The highest BCUT2D eigenvalue weighted by Crippen LogP contribution is 2.22. The average Bonchev–Trinajstić information content (AvgIpc) is 2.62. The quantitative estimate of drug-likeness (QED) is 0.920. The second-order valence-corrected chi connectivity index (χ2v) is 5.64. The first-order chi connectivity index (χ1) is 11.6. The molecule has 7 nitrogen and oxygen atoms in total. The zero-order chi connectivity index (χ0) is 16.9. The number of likely N-dealkylation sites (tertiary alicyclic amines) is 1. The van der Waals surface area contributed by atoms with E-state index in [9.17, 15) is 9.59 Å². The summed E-state index contributed by atoms with van der Waals surface area (Å²) in [5.41, 5.74) is 5.86. The fourth-order valence-electron chi connectivity index (χ4n) is 2.70. The second kappa shape index (κ2) is 7.08. The van der Waals surface area contributed by atoms with E-state index in [-0.39, 0.29) is 17.7 Å². The number of benzene rings is 1. The molecule has 1 aliphatic heterocycles. The molecule has 0 unspecified atom stereocenters. The number of hydrogen-bond acceptors (Lipinski definition) is 5. The molecule has 1 fully saturated rings. The van der Waals surface area contributed by atoms with Crippen molar-refractivity contribution in [2.45, 2.75) is 12.8 Å².